The number of benzene rings is 2. The lowest BCUT2D eigenvalue weighted by Gasteiger charge is -2.36. The maximum Gasteiger partial charge on any atom is 0.243 e. The summed E-state index contributed by atoms with van der Waals surface area (Å²) >= 11 is 0. The first kappa shape index (κ1) is 29.0. The van der Waals surface area contributed by atoms with Gasteiger partial charge in [0, 0.05) is 24.4 Å². The van der Waals surface area contributed by atoms with Crippen LogP contribution in [0.3, 0.4) is 0 Å². The van der Waals surface area contributed by atoms with Crippen LogP contribution in [0, 0.1) is 11.7 Å². The van der Waals surface area contributed by atoms with E-state index < -0.39 is 15.8 Å². The molecule has 3 aromatic rings. The Hall–Kier alpha value is -3.01. The monoisotopic (exact) mass is 555 g/mol. The summed E-state index contributed by atoms with van der Waals surface area (Å²) in [6, 6.07) is 13.2. The summed E-state index contributed by atoms with van der Waals surface area (Å²) in [6.07, 6.45) is 13.5. The maximum atomic E-state index is 12.9. The van der Waals surface area contributed by atoms with Gasteiger partial charge in [-0.25, -0.2) is 17.5 Å². The fourth-order valence-electron chi connectivity index (χ4n) is 5.68. The topological polar surface area (TPSA) is 112 Å². The van der Waals surface area contributed by atoms with Gasteiger partial charge in [-0.3, -0.25) is 4.98 Å². The first-order chi connectivity index (χ1) is 18.8. The Morgan fingerprint density at radius 1 is 1.00 bits per heavy atom. The van der Waals surface area contributed by atoms with Crippen molar-refractivity contribution in [2.24, 2.45) is 5.92 Å². The predicted molar refractivity (Wildman–Crippen MR) is 150 cm³/mol. The number of phenolic OH excluding ortho intramolecular Hbond substituents is 2. The molecule has 0 aliphatic heterocycles. The average molecular weight is 556 g/mol. The zero-order valence-corrected chi connectivity index (χ0v) is 23.1. The Morgan fingerprint density at radius 3 is 2.44 bits per heavy atom. The molecule has 2 aliphatic carbocycles. The minimum atomic E-state index is -3.65. The molecule has 0 bridgehead atoms. The minimum absolute atomic E-state index is 0.0116. The Bertz CT molecular complexity index is 1330. The fourth-order valence-corrected chi connectivity index (χ4v) is 6.48. The molecule has 210 valence electrons. The van der Waals surface area contributed by atoms with Crippen molar-refractivity contribution in [3.05, 3.63) is 83.4 Å². The summed E-state index contributed by atoms with van der Waals surface area (Å²) in [5.41, 5.74) is 3.55. The van der Waals surface area contributed by atoms with E-state index in [0.29, 0.717) is 6.04 Å². The molecular formula is C30H38FN3O4S. The zero-order valence-electron chi connectivity index (χ0n) is 22.3. The highest BCUT2D eigenvalue weighted by Gasteiger charge is 2.31. The van der Waals surface area contributed by atoms with Crippen LogP contribution in [0.2, 0.25) is 0 Å². The summed E-state index contributed by atoms with van der Waals surface area (Å²) in [4.78, 5) is 3.95. The van der Waals surface area contributed by atoms with E-state index in [1.54, 1.807) is 18.3 Å². The highest BCUT2D eigenvalue weighted by molar-refractivity contribution is 7.89. The molecule has 2 aromatic carbocycles. The third-order valence-electron chi connectivity index (χ3n) is 7.81. The molecule has 39 heavy (non-hydrogen) atoms. The van der Waals surface area contributed by atoms with Crippen LogP contribution < -0.4 is 10.0 Å². The number of aromatic nitrogens is 1. The summed E-state index contributed by atoms with van der Waals surface area (Å²) in [6.45, 7) is 1.09. The number of rotatable bonds is 7. The van der Waals surface area contributed by atoms with Gasteiger partial charge in [-0.1, -0.05) is 37.5 Å². The number of hydrogen-bond acceptors (Lipinski definition) is 6. The van der Waals surface area contributed by atoms with Gasteiger partial charge in [0.15, 0.2) is 11.5 Å². The fraction of sp³-hybridized carbons (Fsp3) is 0.433. The molecule has 0 spiro atoms. The van der Waals surface area contributed by atoms with Crippen LogP contribution in [0.25, 0.3) is 0 Å². The van der Waals surface area contributed by atoms with Gasteiger partial charge in [-0.05, 0) is 98.6 Å². The smallest absolute Gasteiger partial charge is 0.243 e. The molecule has 1 aromatic heterocycles. The van der Waals surface area contributed by atoms with Crippen molar-refractivity contribution in [2.45, 2.75) is 68.2 Å². The summed E-state index contributed by atoms with van der Waals surface area (Å²) in [7, 11) is -2.42. The summed E-state index contributed by atoms with van der Waals surface area (Å²) < 4.78 is 37.0. The molecule has 1 saturated carbocycles. The molecule has 0 radical (unpaired) electrons. The molecule has 0 saturated heterocycles. The SMILES string of the molecule is CNS(=O)(=O)c1ccccc1F.Oc1cc2c(cc1O)C(Cc1cccnc1)C(NCC1CCCCC1)CC2. The van der Waals surface area contributed by atoms with E-state index in [-0.39, 0.29) is 22.3 Å². The number of nitrogens with one attached hydrogen (secondary N) is 2. The van der Waals surface area contributed by atoms with E-state index in [4.69, 9.17) is 0 Å². The molecule has 0 amide bonds. The second-order valence-corrected chi connectivity index (χ2v) is 12.3. The molecule has 2 aliphatic rings. The molecule has 9 heteroatoms. The Morgan fingerprint density at radius 2 is 1.74 bits per heavy atom. The lowest BCUT2D eigenvalue weighted by atomic mass is 9.76. The number of nitrogens with zero attached hydrogens (tertiary/aromatic N) is 1. The summed E-state index contributed by atoms with van der Waals surface area (Å²) in [5, 5.41) is 23.9. The number of aromatic hydroxyl groups is 2. The Kier molecular flexibility index (Phi) is 9.94. The standard InChI is InChI=1S/C23H30N2O2.C7H8FNO2S/c26-22-12-18-8-9-21(25-15-16-5-2-1-3-6-16)20(19(18)13-23(22)27)11-17-7-4-10-24-14-17;1-9-12(10,11)7-5-3-2-4-6(7)8/h4,7,10,12-14,16,20-21,25-27H,1-3,5-6,8-9,11,15H2;2-5,9H,1H3. The van der Waals surface area contributed by atoms with Crippen LogP contribution in [0.15, 0.2) is 65.8 Å². The summed E-state index contributed by atoms with van der Waals surface area (Å²) in [5.74, 6) is 0.313. The zero-order chi connectivity index (χ0) is 27.8. The average Bonchev–Trinajstić information content (AvgIpc) is 2.95. The van der Waals surface area contributed by atoms with Crippen molar-refractivity contribution in [1.82, 2.24) is 15.0 Å². The quantitative estimate of drug-likeness (QED) is 0.304. The van der Waals surface area contributed by atoms with Crippen LogP contribution in [-0.2, 0) is 22.9 Å². The number of halogens is 1. The van der Waals surface area contributed by atoms with E-state index in [0.717, 1.165) is 43.4 Å². The van der Waals surface area contributed by atoms with Crippen molar-refractivity contribution in [3.8, 4) is 11.5 Å². The van der Waals surface area contributed by atoms with Crippen LogP contribution in [0.5, 0.6) is 11.5 Å². The van der Waals surface area contributed by atoms with Crippen LogP contribution >= 0.6 is 0 Å². The van der Waals surface area contributed by atoms with Crippen molar-refractivity contribution in [3.63, 3.8) is 0 Å². The number of pyridine rings is 1. The molecule has 2 atom stereocenters. The van der Waals surface area contributed by atoms with E-state index in [1.807, 2.05) is 17.0 Å². The lowest BCUT2D eigenvalue weighted by Crippen LogP contribution is -2.41. The molecule has 1 fully saturated rings. The number of sulfonamides is 1. The van der Waals surface area contributed by atoms with Gasteiger partial charge in [-0.15, -0.1) is 0 Å². The first-order valence-electron chi connectivity index (χ1n) is 13.6. The molecule has 2 unspecified atom stereocenters. The molecular weight excluding hydrogens is 517 g/mol. The first-order valence-corrected chi connectivity index (χ1v) is 15.1. The second kappa shape index (κ2) is 13.4. The highest BCUT2D eigenvalue weighted by Crippen LogP contribution is 2.40. The van der Waals surface area contributed by atoms with Gasteiger partial charge < -0.3 is 15.5 Å². The van der Waals surface area contributed by atoms with Gasteiger partial charge in [0.2, 0.25) is 10.0 Å². The van der Waals surface area contributed by atoms with Gasteiger partial charge in [0.25, 0.3) is 0 Å². The van der Waals surface area contributed by atoms with Gasteiger partial charge in [-0.2, -0.15) is 0 Å². The minimum Gasteiger partial charge on any atom is -0.504 e. The third-order valence-corrected chi connectivity index (χ3v) is 9.26. The largest absolute Gasteiger partial charge is 0.504 e. The van der Waals surface area contributed by atoms with Crippen LogP contribution in [0.1, 0.15) is 61.1 Å². The van der Waals surface area contributed by atoms with Crippen molar-refractivity contribution in [1.29, 1.82) is 0 Å². The third kappa shape index (κ3) is 7.56. The lowest BCUT2D eigenvalue weighted by molar-refractivity contribution is 0.300. The molecule has 1 heterocycles. The highest BCUT2D eigenvalue weighted by atomic mass is 32.2. The van der Waals surface area contributed by atoms with Crippen LogP contribution in [-0.4, -0.2) is 43.2 Å². The Balaban J connectivity index is 0.000000247. The number of phenols is 2. The predicted octanol–water partition coefficient (Wildman–Crippen LogP) is 5.04. The molecule has 5 rings (SSSR count). The van der Waals surface area contributed by atoms with Gasteiger partial charge >= 0.3 is 0 Å². The number of hydrogen-bond donors (Lipinski definition) is 4. The van der Waals surface area contributed by atoms with Crippen molar-refractivity contribution < 1.29 is 23.0 Å². The van der Waals surface area contributed by atoms with E-state index in [2.05, 4.69) is 16.4 Å². The second-order valence-electron chi connectivity index (χ2n) is 10.4. The van der Waals surface area contributed by atoms with Crippen molar-refractivity contribution in [2.75, 3.05) is 13.6 Å². The molecule has 7 nitrogen and oxygen atoms in total. The van der Waals surface area contributed by atoms with Gasteiger partial charge in [0.1, 0.15) is 10.7 Å². The molecule has 4 N–H and O–H groups in total. The normalized spacial score (nSPS) is 19.5. The van der Waals surface area contributed by atoms with Gasteiger partial charge in [0.05, 0.1) is 0 Å². The van der Waals surface area contributed by atoms with Crippen LogP contribution in [0.4, 0.5) is 4.39 Å². The number of aryl methyl sites for hydroxylation is 1. The van der Waals surface area contributed by atoms with E-state index in [9.17, 15) is 23.0 Å². The number of fused-ring (bicyclic) bond motifs is 1. The van der Waals surface area contributed by atoms with Crippen molar-refractivity contribution >= 4 is 10.0 Å². The maximum absolute atomic E-state index is 12.9. The van der Waals surface area contributed by atoms with E-state index >= 15 is 0 Å². The Labute approximate surface area is 230 Å². The van der Waals surface area contributed by atoms with E-state index in [1.165, 1.54) is 68.5 Å².